The molecule has 0 saturated carbocycles. The topological polar surface area (TPSA) is 73.7 Å². The van der Waals surface area contributed by atoms with E-state index in [1.807, 2.05) is 24.3 Å². The van der Waals surface area contributed by atoms with Crippen LogP contribution in [0.4, 0.5) is 5.69 Å². The van der Waals surface area contributed by atoms with Crippen LogP contribution in [0.2, 0.25) is 0 Å². The molecule has 0 spiro atoms. The Morgan fingerprint density at radius 1 is 1.25 bits per heavy atom. The molecule has 0 atom stereocenters. The van der Waals surface area contributed by atoms with E-state index in [1.165, 1.54) is 0 Å². The summed E-state index contributed by atoms with van der Waals surface area (Å²) >= 11 is 3.34. The van der Waals surface area contributed by atoms with Crippen molar-refractivity contribution >= 4 is 33.5 Å². The zero-order valence-electron chi connectivity index (χ0n) is 11.0. The Labute approximate surface area is 126 Å². The lowest BCUT2D eigenvalue weighted by atomic mass is 9.97. The highest BCUT2D eigenvalue weighted by molar-refractivity contribution is 9.10. The van der Waals surface area contributed by atoms with E-state index in [0.29, 0.717) is 32.5 Å². The molecule has 1 fully saturated rings. The number of anilines is 1. The predicted molar refractivity (Wildman–Crippen MR) is 76.1 cm³/mol. The number of hydrogen-bond donors (Lipinski definition) is 2. The fraction of sp³-hybridized carbons (Fsp3) is 0.429. The van der Waals surface area contributed by atoms with Gasteiger partial charge in [0.2, 0.25) is 0 Å². The van der Waals surface area contributed by atoms with Gasteiger partial charge in [-0.1, -0.05) is 15.9 Å². The number of nitrogens with one attached hydrogen (secondary N) is 2. The molecule has 1 heterocycles. The molecule has 0 aliphatic carbocycles. The second-order valence-electron chi connectivity index (χ2n) is 5.08. The minimum atomic E-state index is -0.969. The summed E-state index contributed by atoms with van der Waals surface area (Å²) in [5, 5.41) is 13.6. The van der Waals surface area contributed by atoms with Crippen LogP contribution in [0.1, 0.15) is 12.8 Å². The van der Waals surface area contributed by atoms with E-state index in [9.17, 15) is 14.7 Å². The number of rotatable bonds is 4. The highest BCUT2D eigenvalue weighted by Gasteiger charge is 2.24. The molecule has 0 radical (unpaired) electrons. The summed E-state index contributed by atoms with van der Waals surface area (Å²) in [5.74, 6) is -1.37. The zero-order valence-corrected chi connectivity index (χ0v) is 12.6. The molecule has 0 unspecified atom stereocenters. The van der Waals surface area contributed by atoms with Crippen molar-refractivity contribution in [2.45, 2.75) is 12.8 Å². The van der Waals surface area contributed by atoms with E-state index in [2.05, 4.69) is 21.2 Å². The first kappa shape index (κ1) is 15.0. The maximum absolute atomic E-state index is 11.9. The summed E-state index contributed by atoms with van der Waals surface area (Å²) in [7, 11) is 0. The number of aliphatic carboxylic acids is 1. The van der Waals surface area contributed by atoms with Gasteiger partial charge < -0.3 is 20.1 Å². The minimum Gasteiger partial charge on any atom is -0.550 e. The van der Waals surface area contributed by atoms with Crippen LogP contribution >= 0.6 is 15.9 Å². The third kappa shape index (κ3) is 4.31. The van der Waals surface area contributed by atoms with Gasteiger partial charge in [0.1, 0.15) is 0 Å². The van der Waals surface area contributed by atoms with Crippen LogP contribution in [-0.2, 0) is 9.59 Å². The number of carbonyl (C=O) groups is 2. The van der Waals surface area contributed by atoms with Gasteiger partial charge in [0.25, 0.3) is 5.91 Å². The van der Waals surface area contributed by atoms with Gasteiger partial charge in [0.15, 0.2) is 6.54 Å². The van der Waals surface area contributed by atoms with Gasteiger partial charge in [-0.3, -0.25) is 4.79 Å². The van der Waals surface area contributed by atoms with Crippen LogP contribution in [-0.4, -0.2) is 31.5 Å². The molecule has 5 nitrogen and oxygen atoms in total. The molecule has 1 saturated heterocycles. The number of carboxylic acid groups (broad SMARTS) is 1. The maximum atomic E-state index is 11.9. The third-order valence-electron chi connectivity index (χ3n) is 3.56. The molecule has 1 aliphatic heterocycles. The molecule has 1 aromatic rings. The van der Waals surface area contributed by atoms with Crippen molar-refractivity contribution in [1.29, 1.82) is 0 Å². The predicted octanol–water partition coefficient (Wildman–Crippen LogP) is -0.568. The molecular formula is C14H17BrN2O3. The lowest BCUT2D eigenvalue weighted by Gasteiger charge is -2.29. The quantitative estimate of drug-likeness (QED) is 0.771. The lowest BCUT2D eigenvalue weighted by Crippen LogP contribution is -3.14. The summed E-state index contributed by atoms with van der Waals surface area (Å²) in [6.07, 6.45) is 1.17. The van der Waals surface area contributed by atoms with Crippen molar-refractivity contribution in [3.8, 4) is 0 Å². The molecular weight excluding hydrogens is 324 g/mol. The van der Waals surface area contributed by atoms with Crippen molar-refractivity contribution < 1.29 is 19.6 Å². The number of likely N-dealkylation sites (tertiary alicyclic amines) is 1. The fourth-order valence-corrected chi connectivity index (χ4v) is 2.67. The number of carboxylic acids is 1. The summed E-state index contributed by atoms with van der Waals surface area (Å²) in [6, 6.07) is 7.40. The van der Waals surface area contributed by atoms with Crippen molar-refractivity contribution in [1.82, 2.24) is 0 Å². The number of halogens is 1. The van der Waals surface area contributed by atoms with E-state index in [1.54, 1.807) is 0 Å². The number of quaternary nitrogens is 1. The average Bonchev–Trinajstić information content (AvgIpc) is 2.42. The Morgan fingerprint density at radius 2 is 1.85 bits per heavy atom. The van der Waals surface area contributed by atoms with E-state index in [4.69, 9.17) is 0 Å². The molecule has 20 heavy (non-hydrogen) atoms. The normalized spacial score (nSPS) is 22.2. The molecule has 108 valence electrons. The molecule has 2 rings (SSSR count). The van der Waals surface area contributed by atoms with Crippen molar-refractivity contribution in [3.05, 3.63) is 28.7 Å². The van der Waals surface area contributed by atoms with E-state index < -0.39 is 5.97 Å². The van der Waals surface area contributed by atoms with Crippen LogP contribution in [0.3, 0.4) is 0 Å². The van der Waals surface area contributed by atoms with Crippen molar-refractivity contribution in [2.75, 3.05) is 25.0 Å². The van der Waals surface area contributed by atoms with Crippen molar-refractivity contribution in [2.24, 2.45) is 5.92 Å². The number of carbonyl (C=O) groups excluding carboxylic acids is 2. The van der Waals surface area contributed by atoms with Gasteiger partial charge >= 0.3 is 0 Å². The van der Waals surface area contributed by atoms with Gasteiger partial charge in [-0.05, 0) is 24.3 Å². The number of hydrogen-bond acceptors (Lipinski definition) is 3. The molecule has 0 aromatic heterocycles. The lowest BCUT2D eigenvalue weighted by molar-refractivity contribution is -0.897. The summed E-state index contributed by atoms with van der Waals surface area (Å²) in [4.78, 5) is 23.8. The molecule has 2 N–H and O–H groups in total. The van der Waals surface area contributed by atoms with Crippen LogP contribution in [0, 0.1) is 5.92 Å². The number of piperidine rings is 1. The second kappa shape index (κ2) is 6.85. The molecule has 6 heteroatoms. The van der Waals surface area contributed by atoms with E-state index in [0.717, 1.165) is 15.1 Å². The molecule has 1 aromatic carbocycles. The molecule has 1 aliphatic rings. The first-order valence-corrected chi connectivity index (χ1v) is 7.44. The monoisotopic (exact) mass is 340 g/mol. The maximum Gasteiger partial charge on any atom is 0.279 e. The fourth-order valence-electron chi connectivity index (χ4n) is 2.40. The van der Waals surface area contributed by atoms with Gasteiger partial charge in [0, 0.05) is 34.9 Å². The smallest absolute Gasteiger partial charge is 0.279 e. The third-order valence-corrected chi connectivity index (χ3v) is 4.09. The van der Waals surface area contributed by atoms with Crippen LogP contribution in [0.25, 0.3) is 0 Å². The average molecular weight is 341 g/mol. The molecule has 1 amide bonds. The standard InChI is InChI=1S/C14H17BrN2O3/c15-11-1-3-12(4-2-11)16-13(18)9-17-7-5-10(6-8-17)14(19)20/h1-4,10H,5-9H2,(H,16,18)(H,19,20). The van der Waals surface area contributed by atoms with Gasteiger partial charge in [-0.15, -0.1) is 0 Å². The summed E-state index contributed by atoms with van der Waals surface area (Å²) in [5.41, 5.74) is 0.766. The second-order valence-corrected chi connectivity index (χ2v) is 5.99. The van der Waals surface area contributed by atoms with Gasteiger partial charge in [0.05, 0.1) is 13.1 Å². The Balaban J connectivity index is 1.78. The van der Waals surface area contributed by atoms with E-state index >= 15 is 0 Å². The van der Waals surface area contributed by atoms with Crippen molar-refractivity contribution in [3.63, 3.8) is 0 Å². The Hall–Kier alpha value is -1.40. The van der Waals surface area contributed by atoms with Crippen LogP contribution < -0.4 is 15.3 Å². The SMILES string of the molecule is O=C(C[NH+]1CCC(C(=O)[O-])CC1)Nc1ccc(Br)cc1. The first-order valence-electron chi connectivity index (χ1n) is 6.64. The highest BCUT2D eigenvalue weighted by atomic mass is 79.9. The highest BCUT2D eigenvalue weighted by Crippen LogP contribution is 2.13. The van der Waals surface area contributed by atoms with Gasteiger partial charge in [-0.25, -0.2) is 0 Å². The van der Waals surface area contributed by atoms with Crippen LogP contribution in [0.15, 0.2) is 28.7 Å². The summed E-state index contributed by atoms with van der Waals surface area (Å²) < 4.78 is 0.963. The Bertz CT molecular complexity index is 482. The molecule has 0 bridgehead atoms. The number of benzene rings is 1. The van der Waals surface area contributed by atoms with Gasteiger partial charge in [-0.2, -0.15) is 0 Å². The van der Waals surface area contributed by atoms with Crippen LogP contribution in [0.5, 0.6) is 0 Å². The largest absolute Gasteiger partial charge is 0.550 e. The first-order chi connectivity index (χ1) is 9.54. The Kier molecular flexibility index (Phi) is 5.14. The van der Waals surface area contributed by atoms with E-state index in [-0.39, 0.29) is 11.8 Å². The Morgan fingerprint density at radius 3 is 2.40 bits per heavy atom. The zero-order chi connectivity index (χ0) is 14.5. The summed E-state index contributed by atoms with van der Waals surface area (Å²) in [6.45, 7) is 1.77. The number of amides is 1. The minimum absolute atomic E-state index is 0.0470.